The van der Waals surface area contributed by atoms with Gasteiger partial charge in [-0.2, -0.15) is 13.2 Å². The first kappa shape index (κ1) is 23.3. The molecule has 2 aromatic carbocycles. The molecule has 0 bridgehead atoms. The van der Waals surface area contributed by atoms with E-state index in [0.717, 1.165) is 34.8 Å². The highest BCUT2D eigenvalue weighted by molar-refractivity contribution is 7.92. The molecule has 0 aliphatic heterocycles. The van der Waals surface area contributed by atoms with Crippen molar-refractivity contribution in [3.8, 4) is 11.5 Å². The van der Waals surface area contributed by atoms with E-state index in [0.29, 0.717) is 5.75 Å². The second-order valence-corrected chi connectivity index (χ2v) is 8.20. The maximum atomic E-state index is 12.7. The van der Waals surface area contributed by atoms with Gasteiger partial charge >= 0.3 is 6.18 Å². The van der Waals surface area contributed by atoms with E-state index in [2.05, 4.69) is 5.32 Å². The standard InChI is InChI=1S/C19H21F3N2O5S/c1-12(18(25)23-14-7-5-13(6-8-14)19(20,21)22)24(30(4,26)27)15-9-10-16(28-2)17(11-15)29-3/h5-12H,1-4H3,(H,23,25). The fourth-order valence-corrected chi connectivity index (χ4v) is 3.93. The highest BCUT2D eigenvalue weighted by atomic mass is 32.2. The van der Waals surface area contributed by atoms with E-state index >= 15 is 0 Å². The number of sulfonamides is 1. The summed E-state index contributed by atoms with van der Waals surface area (Å²) in [4.78, 5) is 12.6. The van der Waals surface area contributed by atoms with Crippen molar-refractivity contribution in [3.63, 3.8) is 0 Å². The Morgan fingerprint density at radius 2 is 1.60 bits per heavy atom. The highest BCUT2D eigenvalue weighted by Gasteiger charge is 2.31. The van der Waals surface area contributed by atoms with Crippen LogP contribution < -0.4 is 19.1 Å². The molecule has 0 radical (unpaired) electrons. The summed E-state index contributed by atoms with van der Waals surface area (Å²) in [5.74, 6) is -0.0921. The average molecular weight is 446 g/mol. The summed E-state index contributed by atoms with van der Waals surface area (Å²) >= 11 is 0. The molecule has 0 fully saturated rings. The van der Waals surface area contributed by atoms with Gasteiger partial charge in [-0.05, 0) is 43.3 Å². The highest BCUT2D eigenvalue weighted by Crippen LogP contribution is 2.34. The van der Waals surface area contributed by atoms with Gasteiger partial charge in [-0.15, -0.1) is 0 Å². The summed E-state index contributed by atoms with van der Waals surface area (Å²) in [6, 6.07) is 6.97. The fourth-order valence-electron chi connectivity index (χ4n) is 2.76. The molecule has 0 saturated heterocycles. The molecular weight excluding hydrogens is 425 g/mol. The predicted molar refractivity (Wildman–Crippen MR) is 106 cm³/mol. The first-order valence-electron chi connectivity index (χ1n) is 8.58. The molecule has 0 aliphatic carbocycles. The van der Waals surface area contributed by atoms with E-state index < -0.39 is 33.7 Å². The van der Waals surface area contributed by atoms with Crippen molar-refractivity contribution in [2.45, 2.75) is 19.1 Å². The number of carbonyl (C=O) groups is 1. The molecular formula is C19H21F3N2O5S. The fraction of sp³-hybridized carbons (Fsp3) is 0.316. The molecule has 0 spiro atoms. The van der Waals surface area contributed by atoms with Gasteiger partial charge in [-0.25, -0.2) is 8.42 Å². The van der Waals surface area contributed by atoms with Crippen molar-refractivity contribution in [2.75, 3.05) is 30.1 Å². The largest absolute Gasteiger partial charge is 0.493 e. The number of alkyl halides is 3. The maximum Gasteiger partial charge on any atom is 0.416 e. The van der Waals surface area contributed by atoms with Crippen molar-refractivity contribution < 1.29 is 35.9 Å². The first-order chi connectivity index (χ1) is 13.9. The third-order valence-electron chi connectivity index (χ3n) is 4.19. The Balaban J connectivity index is 2.31. The van der Waals surface area contributed by atoms with E-state index in [1.165, 1.54) is 39.3 Å². The third kappa shape index (κ3) is 5.35. The monoisotopic (exact) mass is 446 g/mol. The van der Waals surface area contributed by atoms with Crippen molar-refractivity contribution in [2.24, 2.45) is 0 Å². The molecule has 0 heterocycles. The lowest BCUT2D eigenvalue weighted by molar-refractivity contribution is -0.137. The van der Waals surface area contributed by atoms with Crippen molar-refractivity contribution in [1.29, 1.82) is 0 Å². The summed E-state index contributed by atoms with van der Waals surface area (Å²) in [5, 5.41) is 2.43. The van der Waals surface area contributed by atoms with E-state index in [1.54, 1.807) is 0 Å². The Hall–Kier alpha value is -2.95. The number of carbonyl (C=O) groups excluding carboxylic acids is 1. The van der Waals surface area contributed by atoms with Gasteiger partial charge in [-0.1, -0.05) is 0 Å². The average Bonchev–Trinajstić information content (AvgIpc) is 2.66. The van der Waals surface area contributed by atoms with Gasteiger partial charge in [0.05, 0.1) is 31.7 Å². The molecule has 11 heteroatoms. The third-order valence-corrected chi connectivity index (χ3v) is 5.43. The topological polar surface area (TPSA) is 84.9 Å². The Kier molecular flexibility index (Phi) is 6.86. The van der Waals surface area contributed by atoms with Crippen LogP contribution in [0, 0.1) is 0 Å². The van der Waals surface area contributed by atoms with Crippen LogP contribution in [0.15, 0.2) is 42.5 Å². The number of rotatable bonds is 7. The van der Waals surface area contributed by atoms with E-state index in [-0.39, 0.29) is 17.1 Å². The van der Waals surface area contributed by atoms with Crippen LogP contribution in [0.1, 0.15) is 12.5 Å². The molecule has 1 amide bonds. The van der Waals surface area contributed by atoms with E-state index in [4.69, 9.17) is 9.47 Å². The number of anilines is 2. The lowest BCUT2D eigenvalue weighted by Crippen LogP contribution is -2.45. The summed E-state index contributed by atoms with van der Waals surface area (Å²) in [5.41, 5.74) is -0.609. The van der Waals surface area contributed by atoms with Crippen LogP contribution in [0.3, 0.4) is 0 Å². The van der Waals surface area contributed by atoms with Gasteiger partial charge < -0.3 is 14.8 Å². The van der Waals surface area contributed by atoms with Crippen molar-refractivity contribution in [3.05, 3.63) is 48.0 Å². The predicted octanol–water partition coefficient (Wildman–Crippen LogP) is 3.52. The number of benzene rings is 2. The van der Waals surface area contributed by atoms with Crippen LogP contribution in [-0.4, -0.2) is 40.8 Å². The second-order valence-electron chi connectivity index (χ2n) is 6.34. The molecule has 30 heavy (non-hydrogen) atoms. The number of hydrogen-bond donors (Lipinski definition) is 1. The SMILES string of the molecule is COc1ccc(N(C(C)C(=O)Nc2ccc(C(F)(F)F)cc2)S(C)(=O)=O)cc1OC. The number of hydrogen-bond acceptors (Lipinski definition) is 5. The Labute approximate surface area is 172 Å². The Bertz CT molecular complexity index is 1010. The number of ether oxygens (including phenoxy) is 2. The minimum absolute atomic E-state index is 0.0978. The van der Waals surface area contributed by atoms with Gasteiger partial charge in [0.2, 0.25) is 15.9 Å². The molecule has 0 saturated carbocycles. The van der Waals surface area contributed by atoms with Crippen LogP contribution in [0.25, 0.3) is 0 Å². The summed E-state index contributed by atoms with van der Waals surface area (Å²) in [6.45, 7) is 1.36. The molecule has 2 rings (SSSR count). The Morgan fingerprint density at radius 1 is 1.03 bits per heavy atom. The molecule has 1 unspecified atom stereocenters. The number of nitrogens with one attached hydrogen (secondary N) is 1. The Morgan fingerprint density at radius 3 is 2.07 bits per heavy atom. The van der Waals surface area contributed by atoms with Gasteiger partial charge in [-0.3, -0.25) is 9.10 Å². The van der Waals surface area contributed by atoms with Gasteiger partial charge in [0, 0.05) is 11.8 Å². The molecule has 7 nitrogen and oxygen atoms in total. The van der Waals surface area contributed by atoms with E-state index in [1.807, 2.05) is 0 Å². The lowest BCUT2D eigenvalue weighted by atomic mass is 10.2. The number of halogens is 3. The van der Waals surface area contributed by atoms with Crippen LogP contribution in [0.5, 0.6) is 11.5 Å². The van der Waals surface area contributed by atoms with Crippen molar-refractivity contribution in [1.82, 2.24) is 0 Å². The van der Waals surface area contributed by atoms with Crippen molar-refractivity contribution >= 4 is 27.3 Å². The smallest absolute Gasteiger partial charge is 0.416 e. The maximum absolute atomic E-state index is 12.7. The second kappa shape index (κ2) is 8.82. The summed E-state index contributed by atoms with van der Waals surface area (Å²) in [6.07, 6.45) is -3.57. The zero-order valence-electron chi connectivity index (χ0n) is 16.6. The van der Waals surface area contributed by atoms with Gasteiger partial charge in [0.25, 0.3) is 0 Å². The van der Waals surface area contributed by atoms with Crippen LogP contribution in [0.2, 0.25) is 0 Å². The zero-order valence-corrected chi connectivity index (χ0v) is 17.5. The molecule has 0 aliphatic rings. The summed E-state index contributed by atoms with van der Waals surface area (Å²) in [7, 11) is -1.09. The van der Waals surface area contributed by atoms with Crippen LogP contribution in [0.4, 0.5) is 24.5 Å². The molecule has 1 atom stereocenters. The lowest BCUT2D eigenvalue weighted by Gasteiger charge is -2.28. The van der Waals surface area contributed by atoms with Crippen LogP contribution >= 0.6 is 0 Å². The molecule has 164 valence electrons. The van der Waals surface area contributed by atoms with Gasteiger partial charge in [0.15, 0.2) is 11.5 Å². The number of methoxy groups -OCH3 is 2. The quantitative estimate of drug-likeness (QED) is 0.704. The van der Waals surface area contributed by atoms with Gasteiger partial charge in [0.1, 0.15) is 6.04 Å². The minimum atomic E-state index is -4.50. The summed E-state index contributed by atoms with van der Waals surface area (Å²) < 4.78 is 74.0. The molecule has 0 aromatic heterocycles. The number of nitrogens with zero attached hydrogens (tertiary/aromatic N) is 1. The molecule has 2 aromatic rings. The van der Waals surface area contributed by atoms with Crippen LogP contribution in [-0.2, 0) is 21.0 Å². The minimum Gasteiger partial charge on any atom is -0.493 e. The zero-order chi connectivity index (χ0) is 22.7. The van der Waals surface area contributed by atoms with E-state index in [9.17, 15) is 26.4 Å². The first-order valence-corrected chi connectivity index (χ1v) is 10.4. The number of amides is 1. The molecule has 1 N–H and O–H groups in total. The normalized spacial score (nSPS) is 12.8.